The number of nitrogens with one attached hydrogen (secondary N) is 1. The standard InChI is InChI=1S/C20H23N5.HI/c1-14-9-15(2)11-18(10-14)23-20(21)22-12-17-13-25(24-16(17)3)19-7-5-4-6-8-19;/h4-11,13H,12H2,1-3H3,(H3,21,22,23);1H. The van der Waals surface area contributed by atoms with Crippen LogP contribution in [0.15, 0.2) is 59.7 Å². The normalized spacial score (nSPS) is 11.1. The molecule has 0 amide bonds. The minimum atomic E-state index is 0. The van der Waals surface area contributed by atoms with Crippen molar-refractivity contribution in [2.24, 2.45) is 10.7 Å². The summed E-state index contributed by atoms with van der Waals surface area (Å²) in [7, 11) is 0. The molecule has 136 valence electrons. The van der Waals surface area contributed by atoms with Gasteiger partial charge in [0.05, 0.1) is 17.9 Å². The van der Waals surface area contributed by atoms with Crippen molar-refractivity contribution < 1.29 is 0 Å². The van der Waals surface area contributed by atoms with E-state index in [2.05, 4.69) is 35.3 Å². The highest BCUT2D eigenvalue weighted by molar-refractivity contribution is 14.0. The van der Waals surface area contributed by atoms with Crippen molar-refractivity contribution >= 4 is 35.6 Å². The summed E-state index contributed by atoms with van der Waals surface area (Å²) in [5, 5.41) is 7.70. The maximum Gasteiger partial charge on any atom is 0.193 e. The second kappa shape index (κ2) is 8.84. The number of halogens is 1. The highest BCUT2D eigenvalue weighted by Crippen LogP contribution is 2.15. The van der Waals surface area contributed by atoms with Crippen molar-refractivity contribution in [3.8, 4) is 5.69 Å². The lowest BCUT2D eigenvalue weighted by molar-refractivity contribution is 0.863. The average Bonchev–Trinajstić information content (AvgIpc) is 2.94. The van der Waals surface area contributed by atoms with Crippen LogP contribution in [0.4, 0.5) is 5.69 Å². The lowest BCUT2D eigenvalue weighted by Crippen LogP contribution is -2.22. The van der Waals surface area contributed by atoms with Crippen molar-refractivity contribution in [1.29, 1.82) is 0 Å². The first-order valence-electron chi connectivity index (χ1n) is 8.27. The molecule has 0 saturated heterocycles. The highest BCUT2D eigenvalue weighted by atomic mass is 127. The van der Waals surface area contributed by atoms with E-state index in [1.807, 2.05) is 60.3 Å². The lowest BCUT2D eigenvalue weighted by atomic mass is 10.1. The van der Waals surface area contributed by atoms with E-state index in [4.69, 9.17) is 5.73 Å². The van der Waals surface area contributed by atoms with Gasteiger partial charge in [0, 0.05) is 17.4 Å². The van der Waals surface area contributed by atoms with E-state index < -0.39 is 0 Å². The van der Waals surface area contributed by atoms with Gasteiger partial charge in [0.25, 0.3) is 0 Å². The molecule has 0 bridgehead atoms. The number of nitrogens with two attached hydrogens (primary N) is 1. The second-order valence-electron chi connectivity index (χ2n) is 6.22. The van der Waals surface area contributed by atoms with E-state index in [0.717, 1.165) is 22.6 Å². The number of anilines is 1. The molecule has 3 rings (SSSR count). The number of hydrogen-bond acceptors (Lipinski definition) is 2. The molecule has 3 N–H and O–H groups in total. The van der Waals surface area contributed by atoms with E-state index in [9.17, 15) is 0 Å². The Bertz CT molecular complexity index is 880. The molecule has 0 radical (unpaired) electrons. The molecule has 0 saturated carbocycles. The van der Waals surface area contributed by atoms with E-state index in [1.165, 1.54) is 11.1 Å². The third-order valence-corrected chi connectivity index (χ3v) is 3.94. The van der Waals surface area contributed by atoms with Crippen molar-refractivity contribution in [3.05, 3.63) is 77.1 Å². The van der Waals surface area contributed by atoms with Crippen molar-refractivity contribution in [2.45, 2.75) is 27.3 Å². The number of aromatic nitrogens is 2. The van der Waals surface area contributed by atoms with Crippen LogP contribution < -0.4 is 11.1 Å². The molecule has 0 aliphatic carbocycles. The Kier molecular flexibility index (Phi) is 6.79. The molecule has 0 fully saturated rings. The molecule has 1 heterocycles. The van der Waals surface area contributed by atoms with Gasteiger partial charge in [0.1, 0.15) is 0 Å². The van der Waals surface area contributed by atoms with Crippen LogP contribution >= 0.6 is 24.0 Å². The van der Waals surface area contributed by atoms with Crippen LogP contribution in [-0.2, 0) is 6.54 Å². The third-order valence-electron chi connectivity index (χ3n) is 3.94. The zero-order valence-corrected chi connectivity index (χ0v) is 17.6. The summed E-state index contributed by atoms with van der Waals surface area (Å²) in [4.78, 5) is 4.45. The summed E-state index contributed by atoms with van der Waals surface area (Å²) >= 11 is 0. The van der Waals surface area contributed by atoms with Gasteiger partial charge in [-0.15, -0.1) is 24.0 Å². The number of hydrogen-bond donors (Lipinski definition) is 2. The van der Waals surface area contributed by atoms with Gasteiger partial charge in [-0.05, 0) is 56.2 Å². The number of para-hydroxylation sites is 1. The van der Waals surface area contributed by atoms with E-state index in [1.54, 1.807) is 0 Å². The van der Waals surface area contributed by atoms with Crippen LogP contribution in [0.5, 0.6) is 0 Å². The minimum Gasteiger partial charge on any atom is -0.370 e. The zero-order valence-electron chi connectivity index (χ0n) is 15.2. The maximum absolute atomic E-state index is 6.03. The summed E-state index contributed by atoms with van der Waals surface area (Å²) in [6, 6.07) is 16.3. The SMILES string of the molecule is Cc1cc(C)cc(NC(N)=NCc2cn(-c3ccccc3)nc2C)c1.I. The van der Waals surface area contributed by atoms with Gasteiger partial charge in [-0.2, -0.15) is 5.10 Å². The van der Waals surface area contributed by atoms with Gasteiger partial charge in [-0.25, -0.2) is 9.67 Å². The molecule has 0 aliphatic rings. The predicted molar refractivity (Wildman–Crippen MR) is 119 cm³/mol. The summed E-state index contributed by atoms with van der Waals surface area (Å²) in [6.07, 6.45) is 2.00. The van der Waals surface area contributed by atoms with Gasteiger partial charge in [0.15, 0.2) is 5.96 Å². The van der Waals surface area contributed by atoms with Crippen molar-refractivity contribution in [3.63, 3.8) is 0 Å². The third kappa shape index (κ3) is 5.08. The first-order valence-corrected chi connectivity index (χ1v) is 8.27. The molecule has 5 nitrogen and oxygen atoms in total. The molecule has 0 aliphatic heterocycles. The van der Waals surface area contributed by atoms with Crippen LogP contribution in [0.3, 0.4) is 0 Å². The molecule has 0 spiro atoms. The lowest BCUT2D eigenvalue weighted by Gasteiger charge is -2.07. The second-order valence-corrected chi connectivity index (χ2v) is 6.22. The minimum absolute atomic E-state index is 0. The van der Waals surface area contributed by atoms with Gasteiger partial charge >= 0.3 is 0 Å². The Hall–Kier alpha value is -2.35. The Morgan fingerprint density at radius 3 is 2.38 bits per heavy atom. The first-order chi connectivity index (χ1) is 12.0. The maximum atomic E-state index is 6.03. The molecule has 1 aromatic heterocycles. The smallest absolute Gasteiger partial charge is 0.193 e. The largest absolute Gasteiger partial charge is 0.370 e. The number of guanidine groups is 1. The summed E-state index contributed by atoms with van der Waals surface area (Å²) in [5.74, 6) is 0.400. The predicted octanol–water partition coefficient (Wildman–Crippen LogP) is 4.34. The number of aliphatic imine (C=N–C) groups is 1. The molecule has 3 aromatic rings. The molecule has 6 heteroatoms. The fourth-order valence-electron chi connectivity index (χ4n) is 2.77. The van der Waals surface area contributed by atoms with Crippen LogP contribution in [0.1, 0.15) is 22.4 Å². The van der Waals surface area contributed by atoms with Gasteiger partial charge in [-0.3, -0.25) is 0 Å². The van der Waals surface area contributed by atoms with E-state index >= 15 is 0 Å². The highest BCUT2D eigenvalue weighted by Gasteiger charge is 2.06. The first kappa shape index (κ1) is 20.0. The topological polar surface area (TPSA) is 68.2 Å². The molecule has 26 heavy (non-hydrogen) atoms. The number of nitrogens with zero attached hydrogens (tertiary/aromatic N) is 3. The average molecular weight is 461 g/mol. The Labute approximate surface area is 171 Å². The van der Waals surface area contributed by atoms with Crippen LogP contribution in [-0.4, -0.2) is 15.7 Å². The summed E-state index contributed by atoms with van der Waals surface area (Å²) in [5.41, 5.74) is 12.4. The van der Waals surface area contributed by atoms with Gasteiger partial charge < -0.3 is 11.1 Å². The number of benzene rings is 2. The molecular weight excluding hydrogens is 437 g/mol. The number of rotatable bonds is 4. The summed E-state index contributed by atoms with van der Waals surface area (Å²) < 4.78 is 1.87. The van der Waals surface area contributed by atoms with Crippen LogP contribution in [0, 0.1) is 20.8 Å². The fourth-order valence-corrected chi connectivity index (χ4v) is 2.77. The quantitative estimate of drug-likeness (QED) is 0.345. The fraction of sp³-hybridized carbons (Fsp3) is 0.200. The Morgan fingerprint density at radius 1 is 1.08 bits per heavy atom. The van der Waals surface area contributed by atoms with Gasteiger partial charge in [0.2, 0.25) is 0 Å². The number of aryl methyl sites for hydroxylation is 3. The Morgan fingerprint density at radius 2 is 1.73 bits per heavy atom. The molecule has 2 aromatic carbocycles. The van der Waals surface area contributed by atoms with Crippen molar-refractivity contribution in [1.82, 2.24) is 9.78 Å². The Balaban J connectivity index is 0.00000243. The molecule has 0 atom stereocenters. The molecule has 0 unspecified atom stereocenters. The monoisotopic (exact) mass is 461 g/mol. The summed E-state index contributed by atoms with van der Waals surface area (Å²) in [6.45, 7) is 6.60. The van der Waals surface area contributed by atoms with E-state index in [0.29, 0.717) is 12.5 Å². The zero-order chi connectivity index (χ0) is 17.8. The van der Waals surface area contributed by atoms with E-state index in [-0.39, 0.29) is 24.0 Å². The van der Waals surface area contributed by atoms with Gasteiger partial charge in [-0.1, -0.05) is 24.3 Å². The van der Waals surface area contributed by atoms with Crippen LogP contribution in [0.25, 0.3) is 5.69 Å². The van der Waals surface area contributed by atoms with Crippen LogP contribution in [0.2, 0.25) is 0 Å². The van der Waals surface area contributed by atoms with Crippen molar-refractivity contribution in [2.75, 3.05) is 5.32 Å². The molecular formula is C20H24IN5.